The fourth-order valence-electron chi connectivity index (χ4n) is 4.06. The molecule has 1 fully saturated rings. The van der Waals surface area contributed by atoms with Crippen molar-refractivity contribution >= 4 is 21.7 Å². The van der Waals surface area contributed by atoms with E-state index in [1.807, 2.05) is 6.07 Å². The maximum absolute atomic E-state index is 13.3. The number of ether oxygens (including phenoxy) is 1. The van der Waals surface area contributed by atoms with E-state index in [0.717, 1.165) is 23.1 Å². The van der Waals surface area contributed by atoms with Crippen LogP contribution in [0, 0.1) is 0 Å². The van der Waals surface area contributed by atoms with E-state index in [1.54, 1.807) is 12.1 Å². The van der Waals surface area contributed by atoms with Crippen LogP contribution in [0.1, 0.15) is 17.4 Å². The number of alkyl halides is 3. The van der Waals surface area contributed by atoms with E-state index in [9.17, 15) is 26.4 Å². The summed E-state index contributed by atoms with van der Waals surface area (Å²) in [5.74, 6) is -2.43. The summed E-state index contributed by atoms with van der Waals surface area (Å²) in [6, 6.07) is 12.4. The van der Waals surface area contributed by atoms with E-state index in [-0.39, 0.29) is 23.4 Å². The number of halogens is 3. The molecule has 2 heterocycles. The van der Waals surface area contributed by atoms with Crippen LogP contribution in [-0.4, -0.2) is 57.6 Å². The number of anilines is 1. The number of benzene rings is 2. The molecule has 1 saturated heterocycles. The number of piperazine rings is 1. The Hall–Kier alpha value is -2.63. The Balaban J connectivity index is 1.78. The van der Waals surface area contributed by atoms with Crippen LogP contribution in [-0.2, 0) is 26.0 Å². The molecule has 1 unspecified atom stereocenters. The predicted molar refractivity (Wildman–Crippen MR) is 110 cm³/mol. The van der Waals surface area contributed by atoms with Crippen LogP contribution >= 0.6 is 0 Å². The molecule has 172 valence electrons. The molecular formula is C21H22F3N3O4S. The topological polar surface area (TPSA) is 79.0 Å². The number of nitrogens with one attached hydrogen (secondary N) is 1. The van der Waals surface area contributed by atoms with Gasteiger partial charge in [0.1, 0.15) is 0 Å². The van der Waals surface area contributed by atoms with Crippen molar-refractivity contribution in [3.63, 3.8) is 0 Å². The second-order valence-electron chi connectivity index (χ2n) is 7.52. The smallest absolute Gasteiger partial charge is 0.434 e. The summed E-state index contributed by atoms with van der Waals surface area (Å²) in [7, 11) is -4.22. The van der Waals surface area contributed by atoms with E-state index in [0.29, 0.717) is 18.7 Å². The van der Waals surface area contributed by atoms with Gasteiger partial charge in [0.05, 0.1) is 4.90 Å². The first-order valence-electron chi connectivity index (χ1n) is 10.1. The first-order valence-corrected chi connectivity index (χ1v) is 11.6. The molecule has 1 N–H and O–H groups in total. The number of sulfonamides is 1. The summed E-state index contributed by atoms with van der Waals surface area (Å²) in [6.07, 6.45) is -6.70. The highest BCUT2D eigenvalue weighted by Crippen LogP contribution is 2.40. The van der Waals surface area contributed by atoms with Crippen molar-refractivity contribution in [2.24, 2.45) is 0 Å². The number of fused-ring (bicyclic) bond motifs is 1. The van der Waals surface area contributed by atoms with Crippen LogP contribution in [0.4, 0.5) is 18.9 Å². The molecule has 0 bridgehead atoms. The lowest BCUT2D eigenvalue weighted by atomic mass is 9.96. The van der Waals surface area contributed by atoms with Crippen molar-refractivity contribution in [1.29, 1.82) is 0 Å². The molecule has 0 saturated carbocycles. The molecule has 2 aliphatic rings. The molecule has 7 nitrogen and oxygen atoms in total. The van der Waals surface area contributed by atoms with Crippen molar-refractivity contribution in [2.75, 3.05) is 37.6 Å². The summed E-state index contributed by atoms with van der Waals surface area (Å²) >= 11 is 0. The first-order chi connectivity index (χ1) is 15.2. The van der Waals surface area contributed by atoms with Crippen LogP contribution in [0.2, 0.25) is 0 Å². The van der Waals surface area contributed by atoms with Crippen molar-refractivity contribution in [2.45, 2.75) is 23.7 Å². The summed E-state index contributed by atoms with van der Waals surface area (Å²) in [5.41, 5.74) is 1.74. The van der Waals surface area contributed by atoms with Gasteiger partial charge in [-0.05, 0) is 30.2 Å². The Labute approximate surface area is 183 Å². The van der Waals surface area contributed by atoms with Gasteiger partial charge >= 0.3 is 12.1 Å². The quantitative estimate of drug-likeness (QED) is 0.694. The fourth-order valence-corrected chi connectivity index (χ4v) is 5.57. The summed E-state index contributed by atoms with van der Waals surface area (Å²) < 4.78 is 71.3. The van der Waals surface area contributed by atoms with Gasteiger partial charge < -0.3 is 15.0 Å². The summed E-state index contributed by atoms with van der Waals surface area (Å²) in [5, 5.41) is 3.24. The van der Waals surface area contributed by atoms with Crippen molar-refractivity contribution < 1.29 is 31.1 Å². The molecule has 2 aromatic rings. The van der Waals surface area contributed by atoms with Crippen LogP contribution in [0.5, 0.6) is 0 Å². The molecule has 0 radical (unpaired) electrons. The highest BCUT2D eigenvalue weighted by molar-refractivity contribution is 7.89. The Kier molecular flexibility index (Phi) is 6.15. The molecule has 0 amide bonds. The zero-order valence-corrected chi connectivity index (χ0v) is 17.8. The van der Waals surface area contributed by atoms with E-state index in [4.69, 9.17) is 4.74 Å². The number of hydrogen-bond donors (Lipinski definition) is 1. The van der Waals surface area contributed by atoms with Gasteiger partial charge in [-0.15, -0.1) is 0 Å². The number of hydrogen-bond acceptors (Lipinski definition) is 6. The summed E-state index contributed by atoms with van der Waals surface area (Å²) in [6.45, 7) is 2.80. The van der Waals surface area contributed by atoms with E-state index in [2.05, 4.69) is 10.2 Å². The molecule has 1 atom stereocenters. The third kappa shape index (κ3) is 4.32. The maximum atomic E-state index is 13.3. The zero-order chi connectivity index (χ0) is 22.9. The molecule has 11 heteroatoms. The molecule has 2 aliphatic heterocycles. The minimum Gasteiger partial charge on any atom is -0.434 e. The first kappa shape index (κ1) is 22.6. The van der Waals surface area contributed by atoms with Gasteiger partial charge in [0.15, 0.2) is 6.23 Å². The van der Waals surface area contributed by atoms with Crippen LogP contribution < -0.4 is 10.2 Å². The lowest BCUT2D eigenvalue weighted by Gasteiger charge is -2.38. The van der Waals surface area contributed by atoms with Gasteiger partial charge in [-0.1, -0.05) is 30.3 Å². The van der Waals surface area contributed by atoms with Gasteiger partial charge in [-0.3, -0.25) is 0 Å². The average molecular weight is 469 g/mol. The van der Waals surface area contributed by atoms with Crippen LogP contribution in [0.15, 0.2) is 53.4 Å². The number of carbonyl (C=O) groups is 1. The highest BCUT2D eigenvalue weighted by atomic mass is 32.2. The van der Waals surface area contributed by atoms with Gasteiger partial charge in [0.2, 0.25) is 10.0 Å². The second-order valence-corrected chi connectivity index (χ2v) is 9.41. The van der Waals surface area contributed by atoms with Gasteiger partial charge in [-0.2, -0.15) is 17.5 Å². The molecule has 4 rings (SSSR count). The average Bonchev–Trinajstić information content (AvgIpc) is 2.79. The SMILES string of the molecule is O=C(OC1c2cccc(N3CCNCC3)c2CCN1S(=O)(=O)c1ccccc1)C(F)(F)F. The standard InChI is InChI=1S/C21H22F3N3O4S/c22-21(23,24)20(28)31-19-17-7-4-8-18(26-13-10-25-11-14-26)16(17)9-12-27(19)32(29,30)15-5-2-1-3-6-15/h1-8,19,25H,9-14H2. The lowest BCUT2D eigenvalue weighted by molar-refractivity contribution is -0.210. The molecular weight excluding hydrogens is 447 g/mol. The van der Waals surface area contributed by atoms with Gasteiger partial charge in [-0.25, -0.2) is 13.2 Å². The largest absolute Gasteiger partial charge is 0.490 e. The monoisotopic (exact) mass is 469 g/mol. The van der Waals surface area contributed by atoms with Gasteiger partial charge in [0, 0.05) is 44.0 Å². The van der Waals surface area contributed by atoms with E-state index >= 15 is 0 Å². The van der Waals surface area contributed by atoms with Gasteiger partial charge in [0.25, 0.3) is 0 Å². The third-order valence-electron chi connectivity index (χ3n) is 5.55. The fraction of sp³-hybridized carbons (Fsp3) is 0.381. The molecule has 0 aliphatic carbocycles. The number of carbonyl (C=O) groups excluding carboxylic acids is 1. The van der Waals surface area contributed by atoms with Crippen molar-refractivity contribution in [1.82, 2.24) is 9.62 Å². The lowest BCUT2D eigenvalue weighted by Crippen LogP contribution is -2.46. The highest BCUT2D eigenvalue weighted by Gasteiger charge is 2.47. The minimum absolute atomic E-state index is 0.0882. The minimum atomic E-state index is -5.25. The Morgan fingerprint density at radius 2 is 1.69 bits per heavy atom. The second kappa shape index (κ2) is 8.72. The third-order valence-corrected chi connectivity index (χ3v) is 7.41. The Morgan fingerprint density at radius 3 is 2.34 bits per heavy atom. The molecule has 2 aromatic carbocycles. The van der Waals surface area contributed by atoms with Crippen molar-refractivity contribution in [3.8, 4) is 0 Å². The predicted octanol–water partition coefficient (Wildman–Crippen LogP) is 2.45. The number of nitrogens with zero attached hydrogens (tertiary/aromatic N) is 2. The normalized spacial score (nSPS) is 20.0. The number of esters is 1. The molecule has 32 heavy (non-hydrogen) atoms. The Morgan fingerprint density at radius 1 is 1.00 bits per heavy atom. The Bertz CT molecular complexity index is 1090. The maximum Gasteiger partial charge on any atom is 0.490 e. The molecule has 0 spiro atoms. The van der Waals surface area contributed by atoms with E-state index < -0.39 is 28.4 Å². The van der Waals surface area contributed by atoms with E-state index in [1.165, 1.54) is 30.3 Å². The molecule has 0 aromatic heterocycles. The van der Waals surface area contributed by atoms with Crippen LogP contribution in [0.25, 0.3) is 0 Å². The van der Waals surface area contributed by atoms with Crippen molar-refractivity contribution in [3.05, 3.63) is 59.7 Å². The zero-order valence-electron chi connectivity index (χ0n) is 17.0. The van der Waals surface area contributed by atoms with Crippen LogP contribution in [0.3, 0.4) is 0 Å². The number of rotatable bonds is 4. The summed E-state index contributed by atoms with van der Waals surface area (Å²) in [4.78, 5) is 13.8.